The van der Waals surface area contributed by atoms with Crippen LogP contribution in [0.5, 0.6) is 0 Å². The molecule has 0 aromatic heterocycles. The lowest BCUT2D eigenvalue weighted by Crippen LogP contribution is -2.46. The van der Waals surface area contributed by atoms with Crippen molar-refractivity contribution in [2.75, 3.05) is 13.1 Å². The molecule has 1 fully saturated rings. The summed E-state index contributed by atoms with van der Waals surface area (Å²) in [4.78, 5) is 0. The van der Waals surface area contributed by atoms with E-state index in [9.17, 15) is 10.2 Å². The topological polar surface area (TPSA) is 52.5 Å². The molecule has 0 saturated heterocycles. The minimum Gasteiger partial charge on any atom is -0.389 e. The van der Waals surface area contributed by atoms with Gasteiger partial charge in [-0.3, -0.25) is 0 Å². The third-order valence-corrected chi connectivity index (χ3v) is 4.26. The van der Waals surface area contributed by atoms with Crippen molar-refractivity contribution in [1.82, 2.24) is 5.32 Å². The highest BCUT2D eigenvalue weighted by atomic mass is 16.3. The van der Waals surface area contributed by atoms with Crippen LogP contribution >= 0.6 is 0 Å². The lowest BCUT2D eigenvalue weighted by Gasteiger charge is -2.31. The largest absolute Gasteiger partial charge is 0.389 e. The molecule has 0 amide bonds. The average Bonchev–Trinajstić information content (AvgIpc) is 2.54. The Kier molecular flexibility index (Phi) is 5.90. The van der Waals surface area contributed by atoms with Crippen molar-refractivity contribution < 1.29 is 10.2 Å². The Morgan fingerprint density at radius 2 is 1.59 bits per heavy atom. The summed E-state index contributed by atoms with van der Waals surface area (Å²) in [6.45, 7) is 5.22. The van der Waals surface area contributed by atoms with Gasteiger partial charge in [0.25, 0.3) is 0 Å². The predicted molar refractivity (Wildman–Crippen MR) is 71.1 cm³/mol. The normalized spacial score (nSPS) is 21.2. The fourth-order valence-electron chi connectivity index (χ4n) is 2.59. The van der Waals surface area contributed by atoms with Crippen LogP contribution in [0.3, 0.4) is 0 Å². The molecule has 0 heterocycles. The van der Waals surface area contributed by atoms with E-state index >= 15 is 0 Å². The first kappa shape index (κ1) is 14.9. The summed E-state index contributed by atoms with van der Waals surface area (Å²) < 4.78 is 0. The van der Waals surface area contributed by atoms with Crippen LogP contribution in [0, 0.1) is 0 Å². The van der Waals surface area contributed by atoms with Gasteiger partial charge in [0.1, 0.15) is 0 Å². The van der Waals surface area contributed by atoms with Gasteiger partial charge in [-0.25, -0.2) is 0 Å². The van der Waals surface area contributed by atoms with Crippen molar-refractivity contribution in [2.45, 2.75) is 76.4 Å². The first-order valence-corrected chi connectivity index (χ1v) is 7.19. The van der Waals surface area contributed by atoms with Crippen LogP contribution in [0.1, 0.15) is 65.2 Å². The monoisotopic (exact) mass is 243 g/mol. The lowest BCUT2D eigenvalue weighted by atomic mass is 9.93. The van der Waals surface area contributed by atoms with Gasteiger partial charge in [-0.1, -0.05) is 39.5 Å². The van der Waals surface area contributed by atoms with Crippen LogP contribution in [0.2, 0.25) is 0 Å². The van der Waals surface area contributed by atoms with E-state index in [2.05, 4.69) is 5.32 Å². The zero-order valence-electron chi connectivity index (χ0n) is 11.5. The summed E-state index contributed by atoms with van der Waals surface area (Å²) in [5.74, 6) is 0. The molecule has 3 heteroatoms. The lowest BCUT2D eigenvalue weighted by molar-refractivity contribution is 0.00389. The van der Waals surface area contributed by atoms with Crippen molar-refractivity contribution in [2.24, 2.45) is 0 Å². The van der Waals surface area contributed by atoms with Gasteiger partial charge in [0.15, 0.2) is 0 Å². The first-order valence-electron chi connectivity index (χ1n) is 7.19. The average molecular weight is 243 g/mol. The Bertz CT molecular complexity index is 206. The second kappa shape index (κ2) is 6.72. The van der Waals surface area contributed by atoms with Gasteiger partial charge >= 0.3 is 0 Å². The smallest absolute Gasteiger partial charge is 0.0771 e. The maximum absolute atomic E-state index is 10.4. The molecule has 1 rings (SSSR count). The van der Waals surface area contributed by atoms with Gasteiger partial charge in [0.2, 0.25) is 0 Å². The van der Waals surface area contributed by atoms with Crippen molar-refractivity contribution in [3.63, 3.8) is 0 Å². The highest BCUT2D eigenvalue weighted by Crippen LogP contribution is 2.26. The maximum Gasteiger partial charge on any atom is 0.0771 e. The molecule has 1 aliphatic carbocycles. The molecule has 0 spiro atoms. The van der Waals surface area contributed by atoms with E-state index in [4.69, 9.17) is 0 Å². The number of aliphatic hydroxyl groups is 2. The first-order chi connectivity index (χ1) is 8.04. The predicted octanol–water partition coefficient (Wildman–Crippen LogP) is 2.21. The number of hydrogen-bond acceptors (Lipinski definition) is 3. The van der Waals surface area contributed by atoms with Crippen LogP contribution in [-0.2, 0) is 0 Å². The fraction of sp³-hybridized carbons (Fsp3) is 1.00. The minimum absolute atomic E-state index is 0.543. The van der Waals surface area contributed by atoms with Gasteiger partial charge in [-0.2, -0.15) is 0 Å². The molecule has 0 unspecified atom stereocenters. The molecule has 3 N–H and O–H groups in total. The van der Waals surface area contributed by atoms with Crippen LogP contribution in [0.15, 0.2) is 0 Å². The highest BCUT2D eigenvalue weighted by molar-refractivity contribution is 4.85. The van der Waals surface area contributed by atoms with E-state index < -0.39 is 11.2 Å². The molecule has 102 valence electrons. The Hall–Kier alpha value is -0.120. The second-order valence-electron chi connectivity index (χ2n) is 5.67. The van der Waals surface area contributed by atoms with E-state index in [1.54, 1.807) is 0 Å². The summed E-state index contributed by atoms with van der Waals surface area (Å²) >= 11 is 0. The van der Waals surface area contributed by atoms with E-state index in [1.165, 1.54) is 12.8 Å². The summed E-state index contributed by atoms with van der Waals surface area (Å²) in [7, 11) is 0. The zero-order valence-corrected chi connectivity index (χ0v) is 11.5. The minimum atomic E-state index is -0.610. The molecule has 1 saturated carbocycles. The van der Waals surface area contributed by atoms with E-state index in [0.29, 0.717) is 13.1 Å². The van der Waals surface area contributed by atoms with Crippen LogP contribution in [0.25, 0.3) is 0 Å². The Balaban J connectivity index is 2.33. The van der Waals surface area contributed by atoms with Crippen LogP contribution < -0.4 is 5.32 Å². The Morgan fingerprint density at radius 3 is 2.06 bits per heavy atom. The standard InChI is InChI=1S/C14H29NO2/c1-3-13(16,4-2)11-15-12-14(17)9-7-5-6-8-10-14/h15-17H,3-12H2,1-2H3. The molecule has 0 radical (unpaired) electrons. The molecular formula is C14H29NO2. The summed E-state index contributed by atoms with van der Waals surface area (Å²) in [5.41, 5.74) is -1.15. The van der Waals surface area contributed by atoms with Crippen LogP contribution in [-0.4, -0.2) is 34.5 Å². The van der Waals surface area contributed by atoms with Gasteiger partial charge in [-0.15, -0.1) is 0 Å². The quantitative estimate of drug-likeness (QED) is 0.627. The van der Waals surface area contributed by atoms with Crippen molar-refractivity contribution >= 4 is 0 Å². The Morgan fingerprint density at radius 1 is 1.06 bits per heavy atom. The summed E-state index contributed by atoms with van der Waals surface area (Å²) in [5, 5.41) is 23.9. The molecule has 1 aliphatic rings. The van der Waals surface area contributed by atoms with Gasteiger partial charge in [-0.05, 0) is 25.7 Å². The van der Waals surface area contributed by atoms with Crippen molar-refractivity contribution in [3.05, 3.63) is 0 Å². The van der Waals surface area contributed by atoms with Gasteiger partial charge < -0.3 is 15.5 Å². The van der Waals surface area contributed by atoms with E-state index in [1.807, 2.05) is 13.8 Å². The number of rotatable bonds is 6. The van der Waals surface area contributed by atoms with Crippen molar-refractivity contribution in [3.8, 4) is 0 Å². The molecule has 0 aromatic carbocycles. The second-order valence-corrected chi connectivity index (χ2v) is 5.67. The van der Waals surface area contributed by atoms with Crippen LogP contribution in [0.4, 0.5) is 0 Å². The van der Waals surface area contributed by atoms with E-state index in [-0.39, 0.29) is 0 Å². The molecule has 0 atom stereocenters. The molecule has 0 aromatic rings. The molecule has 3 nitrogen and oxygen atoms in total. The fourth-order valence-corrected chi connectivity index (χ4v) is 2.59. The van der Waals surface area contributed by atoms with Gasteiger partial charge in [0.05, 0.1) is 11.2 Å². The SMILES string of the molecule is CCC(O)(CC)CNCC1(O)CCCCCC1. The van der Waals surface area contributed by atoms with E-state index in [0.717, 1.165) is 38.5 Å². The van der Waals surface area contributed by atoms with Crippen molar-refractivity contribution in [1.29, 1.82) is 0 Å². The Labute approximate surface area is 106 Å². The summed E-state index contributed by atoms with van der Waals surface area (Å²) in [6, 6.07) is 0. The molecule has 17 heavy (non-hydrogen) atoms. The molecule has 0 aliphatic heterocycles. The third kappa shape index (κ3) is 4.94. The summed E-state index contributed by atoms with van der Waals surface area (Å²) in [6.07, 6.45) is 8.07. The molecule has 0 bridgehead atoms. The van der Waals surface area contributed by atoms with Gasteiger partial charge in [0, 0.05) is 13.1 Å². The third-order valence-electron chi connectivity index (χ3n) is 4.26. The molecular weight excluding hydrogens is 214 g/mol. The maximum atomic E-state index is 10.4. The number of nitrogens with one attached hydrogen (secondary N) is 1. The number of hydrogen-bond donors (Lipinski definition) is 3. The highest BCUT2D eigenvalue weighted by Gasteiger charge is 2.29. The zero-order chi connectivity index (χ0) is 12.8.